The topological polar surface area (TPSA) is 79.3 Å². The van der Waals surface area contributed by atoms with Crippen molar-refractivity contribution in [1.29, 1.82) is 0 Å². The SMILES string of the molecule is O=S(=O)(NCc1cccs1)c1ccc(CO)cn1. The van der Waals surface area contributed by atoms with Crippen LogP contribution in [0.25, 0.3) is 0 Å². The lowest BCUT2D eigenvalue weighted by Gasteiger charge is -2.05. The molecule has 2 rings (SSSR count). The Hall–Kier alpha value is -1.28. The van der Waals surface area contributed by atoms with Crippen molar-refractivity contribution in [3.05, 3.63) is 46.3 Å². The fraction of sp³-hybridized carbons (Fsp3) is 0.182. The Balaban J connectivity index is 2.09. The van der Waals surface area contributed by atoms with Crippen LogP contribution in [0, 0.1) is 0 Å². The van der Waals surface area contributed by atoms with Gasteiger partial charge < -0.3 is 5.11 Å². The van der Waals surface area contributed by atoms with Crippen molar-refractivity contribution in [3.8, 4) is 0 Å². The van der Waals surface area contributed by atoms with Gasteiger partial charge in [-0.2, -0.15) is 0 Å². The molecule has 0 radical (unpaired) electrons. The van der Waals surface area contributed by atoms with Gasteiger partial charge in [0, 0.05) is 17.6 Å². The summed E-state index contributed by atoms with van der Waals surface area (Å²) in [5.74, 6) is 0. The Labute approximate surface area is 109 Å². The molecule has 2 N–H and O–H groups in total. The summed E-state index contributed by atoms with van der Waals surface area (Å²) >= 11 is 1.48. The van der Waals surface area contributed by atoms with Crippen LogP contribution in [0.3, 0.4) is 0 Å². The van der Waals surface area contributed by atoms with E-state index in [1.165, 1.54) is 29.7 Å². The molecule has 18 heavy (non-hydrogen) atoms. The van der Waals surface area contributed by atoms with Crippen LogP contribution in [0.5, 0.6) is 0 Å². The molecule has 0 saturated heterocycles. The average Bonchev–Trinajstić information content (AvgIpc) is 2.90. The maximum absolute atomic E-state index is 11.9. The van der Waals surface area contributed by atoms with E-state index in [1.54, 1.807) is 0 Å². The Morgan fingerprint density at radius 3 is 2.72 bits per heavy atom. The smallest absolute Gasteiger partial charge is 0.258 e. The molecule has 0 aliphatic heterocycles. The number of pyridine rings is 1. The second-order valence-electron chi connectivity index (χ2n) is 3.57. The minimum absolute atomic E-state index is 0.0451. The van der Waals surface area contributed by atoms with Crippen molar-refractivity contribution in [1.82, 2.24) is 9.71 Å². The zero-order valence-corrected chi connectivity index (χ0v) is 11.0. The van der Waals surface area contributed by atoms with E-state index in [2.05, 4.69) is 9.71 Å². The maximum Gasteiger partial charge on any atom is 0.258 e. The van der Waals surface area contributed by atoms with Crippen molar-refractivity contribution < 1.29 is 13.5 Å². The Morgan fingerprint density at radius 1 is 1.33 bits per heavy atom. The van der Waals surface area contributed by atoms with Crippen LogP contribution in [-0.4, -0.2) is 18.5 Å². The normalized spacial score (nSPS) is 11.6. The van der Waals surface area contributed by atoms with Gasteiger partial charge in [-0.25, -0.2) is 18.1 Å². The predicted octanol–water partition coefficient (Wildman–Crippen LogP) is 1.11. The summed E-state index contributed by atoms with van der Waals surface area (Å²) in [5, 5.41) is 10.7. The number of thiophene rings is 1. The lowest BCUT2D eigenvalue weighted by molar-refractivity contribution is 0.281. The van der Waals surface area contributed by atoms with Gasteiger partial charge in [-0.3, -0.25) is 0 Å². The third-order valence-corrected chi connectivity index (χ3v) is 4.46. The summed E-state index contributed by atoms with van der Waals surface area (Å²) in [4.78, 5) is 4.75. The molecule has 2 aromatic heterocycles. The largest absolute Gasteiger partial charge is 0.392 e. The van der Waals surface area contributed by atoms with Crippen LogP contribution in [0.2, 0.25) is 0 Å². The molecule has 0 atom stereocenters. The summed E-state index contributed by atoms with van der Waals surface area (Å²) in [7, 11) is -3.60. The highest BCUT2D eigenvalue weighted by molar-refractivity contribution is 7.89. The highest BCUT2D eigenvalue weighted by atomic mass is 32.2. The van der Waals surface area contributed by atoms with Gasteiger partial charge in [-0.05, 0) is 23.1 Å². The molecule has 2 aromatic rings. The van der Waals surface area contributed by atoms with E-state index in [0.29, 0.717) is 5.56 Å². The molecule has 0 amide bonds. The van der Waals surface area contributed by atoms with Gasteiger partial charge in [0.15, 0.2) is 5.03 Å². The molecule has 0 unspecified atom stereocenters. The molecular weight excluding hydrogens is 272 g/mol. The Kier molecular flexibility index (Phi) is 4.07. The summed E-state index contributed by atoms with van der Waals surface area (Å²) in [6.45, 7) is 0.0966. The van der Waals surface area contributed by atoms with Gasteiger partial charge in [0.2, 0.25) is 0 Å². The van der Waals surface area contributed by atoms with Gasteiger partial charge >= 0.3 is 0 Å². The molecular formula is C11H12N2O3S2. The van der Waals surface area contributed by atoms with Gasteiger partial charge in [-0.1, -0.05) is 12.1 Å². The number of rotatable bonds is 5. The third kappa shape index (κ3) is 3.14. The number of aliphatic hydroxyl groups is 1. The van der Waals surface area contributed by atoms with Crippen LogP contribution in [-0.2, 0) is 23.2 Å². The lowest BCUT2D eigenvalue weighted by Crippen LogP contribution is -2.23. The number of hydrogen-bond acceptors (Lipinski definition) is 5. The molecule has 0 fully saturated rings. The van der Waals surface area contributed by atoms with Crippen LogP contribution in [0.4, 0.5) is 0 Å². The number of hydrogen-bond donors (Lipinski definition) is 2. The number of sulfonamides is 1. The zero-order chi connectivity index (χ0) is 13.0. The summed E-state index contributed by atoms with van der Waals surface area (Å²) in [5.41, 5.74) is 0.576. The first-order chi connectivity index (χ1) is 8.62. The molecule has 0 aromatic carbocycles. The molecule has 0 spiro atoms. The van der Waals surface area contributed by atoms with E-state index >= 15 is 0 Å². The van der Waals surface area contributed by atoms with E-state index < -0.39 is 10.0 Å². The first-order valence-electron chi connectivity index (χ1n) is 5.19. The third-order valence-electron chi connectivity index (χ3n) is 2.27. The maximum atomic E-state index is 11.9. The number of nitrogens with zero attached hydrogens (tertiary/aromatic N) is 1. The van der Waals surface area contributed by atoms with Crippen LogP contribution >= 0.6 is 11.3 Å². The van der Waals surface area contributed by atoms with Gasteiger partial charge in [0.25, 0.3) is 10.0 Å². The number of aliphatic hydroxyl groups excluding tert-OH is 1. The minimum atomic E-state index is -3.60. The van der Waals surface area contributed by atoms with E-state index in [0.717, 1.165) is 4.88 Å². The van der Waals surface area contributed by atoms with Gasteiger partial charge in [0.1, 0.15) is 0 Å². The molecule has 2 heterocycles. The van der Waals surface area contributed by atoms with Crippen molar-refractivity contribution in [2.24, 2.45) is 0 Å². The van der Waals surface area contributed by atoms with Crippen LogP contribution in [0.1, 0.15) is 10.4 Å². The highest BCUT2D eigenvalue weighted by Gasteiger charge is 2.15. The molecule has 0 aliphatic carbocycles. The van der Waals surface area contributed by atoms with E-state index in [1.807, 2.05) is 17.5 Å². The van der Waals surface area contributed by atoms with Gasteiger partial charge in [0.05, 0.1) is 6.61 Å². The van der Waals surface area contributed by atoms with Crippen molar-refractivity contribution in [2.45, 2.75) is 18.2 Å². The Morgan fingerprint density at radius 2 is 2.17 bits per heavy atom. The zero-order valence-electron chi connectivity index (χ0n) is 9.41. The molecule has 0 saturated carbocycles. The fourth-order valence-electron chi connectivity index (χ4n) is 1.32. The fourth-order valence-corrected chi connectivity index (χ4v) is 2.98. The van der Waals surface area contributed by atoms with Crippen LogP contribution in [0.15, 0.2) is 40.9 Å². The van der Waals surface area contributed by atoms with Crippen molar-refractivity contribution in [2.75, 3.05) is 0 Å². The quantitative estimate of drug-likeness (QED) is 0.862. The monoisotopic (exact) mass is 284 g/mol. The molecule has 96 valence electrons. The molecule has 5 nitrogen and oxygen atoms in total. The molecule has 0 aliphatic rings. The van der Waals surface area contributed by atoms with E-state index in [4.69, 9.17) is 5.11 Å². The molecule has 0 bridgehead atoms. The second-order valence-corrected chi connectivity index (χ2v) is 6.31. The first kappa shape index (κ1) is 13.2. The van der Waals surface area contributed by atoms with E-state index in [9.17, 15) is 8.42 Å². The second kappa shape index (κ2) is 5.57. The lowest BCUT2D eigenvalue weighted by atomic mass is 10.3. The summed E-state index contributed by atoms with van der Waals surface area (Å²) < 4.78 is 26.3. The van der Waals surface area contributed by atoms with Gasteiger partial charge in [-0.15, -0.1) is 11.3 Å². The van der Waals surface area contributed by atoms with Crippen molar-refractivity contribution in [3.63, 3.8) is 0 Å². The van der Waals surface area contributed by atoms with E-state index in [-0.39, 0.29) is 18.2 Å². The van der Waals surface area contributed by atoms with Crippen molar-refractivity contribution >= 4 is 21.4 Å². The predicted molar refractivity (Wildman–Crippen MR) is 68.5 cm³/mol. The summed E-state index contributed by atoms with van der Waals surface area (Å²) in [6.07, 6.45) is 1.35. The highest BCUT2D eigenvalue weighted by Crippen LogP contribution is 2.11. The minimum Gasteiger partial charge on any atom is -0.392 e. The Bertz CT molecular complexity index is 592. The number of nitrogens with one attached hydrogen (secondary N) is 1. The average molecular weight is 284 g/mol. The first-order valence-corrected chi connectivity index (χ1v) is 7.56. The number of aromatic nitrogens is 1. The van der Waals surface area contributed by atoms with Crippen LogP contribution < -0.4 is 4.72 Å². The standard InChI is InChI=1S/C11H12N2O3S2/c14-8-9-3-4-11(12-6-9)18(15,16)13-7-10-2-1-5-17-10/h1-6,13-14H,7-8H2. The summed E-state index contributed by atoms with van der Waals surface area (Å²) in [6, 6.07) is 6.63. The molecule has 7 heteroatoms.